The molecule has 0 saturated carbocycles. The molecule has 2 unspecified atom stereocenters. The maximum Gasteiger partial charge on any atom is 0.330 e. The van der Waals surface area contributed by atoms with Crippen molar-refractivity contribution in [2.75, 3.05) is 13.1 Å². The highest BCUT2D eigenvalue weighted by molar-refractivity contribution is 5.94. The minimum Gasteiger partial charge on any atom is -0.479 e. The van der Waals surface area contributed by atoms with Crippen molar-refractivity contribution in [3.8, 4) is 0 Å². The van der Waals surface area contributed by atoms with Gasteiger partial charge in [0.2, 0.25) is 5.91 Å². The molecule has 0 aromatic rings. The van der Waals surface area contributed by atoms with Crippen molar-refractivity contribution in [2.24, 2.45) is 17.4 Å². The van der Waals surface area contributed by atoms with E-state index < -0.39 is 29.4 Å². The van der Waals surface area contributed by atoms with Gasteiger partial charge in [-0.15, -0.1) is 0 Å². The van der Waals surface area contributed by atoms with E-state index in [-0.39, 0.29) is 18.4 Å². The van der Waals surface area contributed by atoms with Gasteiger partial charge in [0.05, 0.1) is 12.0 Å². The summed E-state index contributed by atoms with van der Waals surface area (Å²) in [5, 5.41) is 10.2. The Hall–Kier alpha value is -1.67. The lowest BCUT2D eigenvalue weighted by Gasteiger charge is -2.38. The predicted molar refractivity (Wildman–Crippen MR) is 114 cm³/mol. The summed E-state index contributed by atoms with van der Waals surface area (Å²) in [6.45, 7) is 2.99. The van der Waals surface area contributed by atoms with Gasteiger partial charge >= 0.3 is 11.9 Å². The maximum absolute atomic E-state index is 13.0. The van der Waals surface area contributed by atoms with Gasteiger partial charge in [0.25, 0.3) is 0 Å². The van der Waals surface area contributed by atoms with Crippen LogP contribution in [0.1, 0.15) is 84.0 Å². The zero-order valence-electron chi connectivity index (χ0n) is 18.3. The second-order valence-electron chi connectivity index (χ2n) is 8.76. The first kappa shape index (κ1) is 24.6. The van der Waals surface area contributed by atoms with Crippen LogP contribution in [0.3, 0.4) is 0 Å². The minimum absolute atomic E-state index is 0.257. The zero-order chi connectivity index (χ0) is 22.1. The molecule has 2 heterocycles. The fourth-order valence-corrected chi connectivity index (χ4v) is 4.91. The van der Waals surface area contributed by atoms with Crippen LogP contribution in [-0.2, 0) is 19.1 Å². The number of carboxylic acid groups (broad SMARTS) is 1. The van der Waals surface area contributed by atoms with Gasteiger partial charge in [-0.2, -0.15) is 0 Å². The van der Waals surface area contributed by atoms with Crippen LogP contribution in [0.5, 0.6) is 0 Å². The van der Waals surface area contributed by atoms with Crippen LogP contribution in [0, 0.1) is 5.92 Å². The number of aliphatic carboxylic acids is 1. The first-order valence-corrected chi connectivity index (χ1v) is 11.6. The molecule has 8 nitrogen and oxygen atoms in total. The van der Waals surface area contributed by atoms with Gasteiger partial charge in [-0.05, 0) is 45.1 Å². The van der Waals surface area contributed by atoms with Gasteiger partial charge in [-0.3, -0.25) is 9.59 Å². The molecule has 2 aliphatic rings. The molecule has 2 saturated heterocycles. The molecule has 1 amide bonds. The quantitative estimate of drug-likeness (QED) is 0.304. The third kappa shape index (κ3) is 5.52. The minimum atomic E-state index is -1.55. The van der Waals surface area contributed by atoms with Gasteiger partial charge in [0.1, 0.15) is 6.10 Å². The molecule has 0 spiro atoms. The van der Waals surface area contributed by atoms with Crippen molar-refractivity contribution in [1.29, 1.82) is 0 Å². The number of nitrogens with two attached hydrogens (primary N) is 2. The first-order valence-electron chi connectivity index (χ1n) is 11.6. The van der Waals surface area contributed by atoms with E-state index >= 15 is 0 Å². The molecule has 30 heavy (non-hydrogen) atoms. The Morgan fingerprint density at radius 1 is 1.23 bits per heavy atom. The molecule has 2 fully saturated rings. The van der Waals surface area contributed by atoms with Crippen molar-refractivity contribution in [2.45, 2.75) is 102 Å². The molecular formula is C22H39N3O5. The molecule has 0 aromatic heterocycles. The second kappa shape index (κ2) is 11.6. The van der Waals surface area contributed by atoms with E-state index in [2.05, 4.69) is 6.92 Å². The Labute approximate surface area is 179 Å². The summed E-state index contributed by atoms with van der Waals surface area (Å²) in [6, 6.07) is -0.778. The van der Waals surface area contributed by atoms with Crippen molar-refractivity contribution in [3.63, 3.8) is 0 Å². The summed E-state index contributed by atoms with van der Waals surface area (Å²) >= 11 is 0. The Bertz CT molecular complexity index is 599. The highest BCUT2D eigenvalue weighted by atomic mass is 16.6. The van der Waals surface area contributed by atoms with Gasteiger partial charge in [-0.25, -0.2) is 4.79 Å². The fourth-order valence-electron chi connectivity index (χ4n) is 4.91. The van der Waals surface area contributed by atoms with Crippen LogP contribution < -0.4 is 11.5 Å². The van der Waals surface area contributed by atoms with Crippen LogP contribution in [0.2, 0.25) is 0 Å². The highest BCUT2D eigenvalue weighted by Gasteiger charge is 2.61. The summed E-state index contributed by atoms with van der Waals surface area (Å²) in [6.07, 6.45) is 9.11. The van der Waals surface area contributed by atoms with E-state index in [0.29, 0.717) is 38.8 Å². The number of carbonyl (C=O) groups excluding carboxylic acids is 2. The van der Waals surface area contributed by atoms with Crippen LogP contribution in [0.4, 0.5) is 0 Å². The molecule has 5 N–H and O–H groups in total. The fraction of sp³-hybridized carbons (Fsp3) is 0.864. The summed E-state index contributed by atoms with van der Waals surface area (Å²) < 4.78 is 5.55. The third-order valence-corrected chi connectivity index (χ3v) is 6.62. The summed E-state index contributed by atoms with van der Waals surface area (Å²) in [7, 11) is 0. The SMILES string of the molecule is CCCCCCCC1CC([C@@]2(C(=O)O)CCCN2C(=O)[C@@H](N)CCCCN)C(=O)O1. The molecule has 172 valence electrons. The number of ether oxygens (including phenoxy) is 1. The lowest BCUT2D eigenvalue weighted by Crippen LogP contribution is -2.61. The smallest absolute Gasteiger partial charge is 0.330 e. The summed E-state index contributed by atoms with van der Waals surface area (Å²) in [5.41, 5.74) is 10.0. The number of unbranched alkanes of at least 4 members (excludes halogenated alkanes) is 5. The number of hydrogen-bond acceptors (Lipinski definition) is 6. The molecular weight excluding hydrogens is 386 g/mol. The van der Waals surface area contributed by atoms with Gasteiger partial charge in [-0.1, -0.05) is 39.0 Å². The second-order valence-corrected chi connectivity index (χ2v) is 8.76. The summed E-state index contributed by atoms with van der Waals surface area (Å²) in [5.74, 6) is -2.85. The first-order chi connectivity index (χ1) is 14.4. The standard InChI is InChI=1S/C22H39N3O5/c1-2-3-4-5-6-10-16-15-17(20(27)30-16)22(21(28)29)12-9-14-25(22)19(26)18(24)11-7-8-13-23/h16-18H,2-15,23-24H2,1H3,(H,28,29)/t16?,17?,18-,22+/m0/s1. The van der Waals surface area contributed by atoms with Gasteiger partial charge in [0, 0.05) is 13.0 Å². The van der Waals surface area contributed by atoms with Crippen LogP contribution in [0.15, 0.2) is 0 Å². The zero-order valence-corrected chi connectivity index (χ0v) is 18.3. The molecule has 0 aliphatic carbocycles. The molecule has 0 aromatic carbocycles. The molecule has 4 atom stereocenters. The average Bonchev–Trinajstić information content (AvgIpc) is 3.31. The Balaban J connectivity index is 2.07. The summed E-state index contributed by atoms with van der Waals surface area (Å²) in [4.78, 5) is 39.5. The number of esters is 1. The number of amides is 1. The Kier molecular flexibility index (Phi) is 9.55. The lowest BCUT2D eigenvalue weighted by atomic mass is 9.78. The number of nitrogens with zero attached hydrogens (tertiary/aromatic N) is 1. The highest BCUT2D eigenvalue weighted by Crippen LogP contribution is 2.43. The lowest BCUT2D eigenvalue weighted by molar-refractivity contribution is -0.166. The average molecular weight is 426 g/mol. The van der Waals surface area contributed by atoms with Gasteiger partial charge < -0.3 is 26.2 Å². The van der Waals surface area contributed by atoms with E-state index in [1.54, 1.807) is 0 Å². The van der Waals surface area contributed by atoms with Crippen molar-refractivity contribution in [1.82, 2.24) is 4.90 Å². The molecule has 8 heteroatoms. The van der Waals surface area contributed by atoms with E-state index in [4.69, 9.17) is 16.2 Å². The third-order valence-electron chi connectivity index (χ3n) is 6.62. The Morgan fingerprint density at radius 2 is 1.97 bits per heavy atom. The van der Waals surface area contributed by atoms with E-state index in [1.165, 1.54) is 17.7 Å². The van der Waals surface area contributed by atoms with Crippen LogP contribution >= 0.6 is 0 Å². The Morgan fingerprint density at radius 3 is 2.63 bits per heavy atom. The largest absolute Gasteiger partial charge is 0.479 e. The van der Waals surface area contributed by atoms with E-state index in [0.717, 1.165) is 32.1 Å². The predicted octanol–water partition coefficient (Wildman–Crippen LogP) is 2.18. The number of rotatable bonds is 13. The van der Waals surface area contributed by atoms with E-state index in [1.807, 2.05) is 0 Å². The molecule has 2 rings (SSSR count). The molecule has 0 radical (unpaired) electrons. The van der Waals surface area contributed by atoms with Crippen molar-refractivity contribution >= 4 is 17.8 Å². The number of cyclic esters (lactones) is 1. The number of carboxylic acids is 1. The van der Waals surface area contributed by atoms with Crippen LogP contribution in [0.25, 0.3) is 0 Å². The van der Waals surface area contributed by atoms with Crippen molar-refractivity contribution < 1.29 is 24.2 Å². The normalized spacial score (nSPS) is 27.3. The number of likely N-dealkylation sites (tertiary alicyclic amines) is 1. The molecule has 2 aliphatic heterocycles. The van der Waals surface area contributed by atoms with Crippen molar-refractivity contribution in [3.05, 3.63) is 0 Å². The maximum atomic E-state index is 13.0. The monoisotopic (exact) mass is 425 g/mol. The number of carbonyl (C=O) groups is 3. The van der Waals surface area contributed by atoms with Gasteiger partial charge in [0.15, 0.2) is 5.54 Å². The topological polar surface area (TPSA) is 136 Å². The van der Waals surface area contributed by atoms with E-state index in [9.17, 15) is 19.5 Å². The molecule has 0 bridgehead atoms. The van der Waals surface area contributed by atoms with Crippen LogP contribution in [-0.4, -0.2) is 58.6 Å². The number of hydrogen-bond donors (Lipinski definition) is 3.